The fraction of sp³-hybridized carbons (Fsp3) is 0.357. The molecule has 1 saturated heterocycles. The molecule has 0 spiro atoms. The van der Waals surface area contributed by atoms with Crippen molar-refractivity contribution in [3.8, 4) is 0 Å². The van der Waals surface area contributed by atoms with Gasteiger partial charge in [-0.1, -0.05) is 18.2 Å². The number of ether oxygens (including phenoxy) is 2. The second-order valence-corrected chi connectivity index (χ2v) is 4.31. The van der Waals surface area contributed by atoms with Crippen LogP contribution in [0.15, 0.2) is 42.2 Å². The lowest BCUT2D eigenvalue weighted by Gasteiger charge is -2.09. The average molecular weight is 264 g/mol. The fourth-order valence-corrected chi connectivity index (χ4v) is 1.85. The van der Waals surface area contributed by atoms with Crippen molar-refractivity contribution in [3.63, 3.8) is 0 Å². The van der Waals surface area contributed by atoms with E-state index in [9.17, 15) is 15.0 Å². The number of hydrogen-bond acceptors (Lipinski definition) is 5. The highest BCUT2D eigenvalue weighted by Gasteiger charge is 2.24. The van der Waals surface area contributed by atoms with Gasteiger partial charge in [0.05, 0.1) is 12.2 Å². The molecule has 1 aliphatic heterocycles. The molecule has 1 aromatic rings. The molecule has 1 aliphatic rings. The first-order chi connectivity index (χ1) is 9.16. The zero-order chi connectivity index (χ0) is 13.7. The summed E-state index contributed by atoms with van der Waals surface area (Å²) in [7, 11) is 0. The monoisotopic (exact) mass is 264 g/mol. The molecule has 1 heterocycles. The van der Waals surface area contributed by atoms with Crippen LogP contribution in [0.25, 0.3) is 0 Å². The summed E-state index contributed by atoms with van der Waals surface area (Å²) in [4.78, 5) is 11.6. The Morgan fingerprint density at radius 1 is 1.42 bits per heavy atom. The van der Waals surface area contributed by atoms with Crippen LogP contribution in [0.1, 0.15) is 16.8 Å². The first-order valence-corrected chi connectivity index (χ1v) is 6.08. The summed E-state index contributed by atoms with van der Waals surface area (Å²) >= 11 is 0. The van der Waals surface area contributed by atoms with Gasteiger partial charge in [-0.05, 0) is 24.6 Å². The normalized spacial score (nSPS) is 23.3. The SMILES string of the molecule is O=C(OCC(O)=C[C@@H]1CCOC1O)c1ccccc1. The molecule has 5 heteroatoms. The molecular weight excluding hydrogens is 248 g/mol. The van der Waals surface area contributed by atoms with Crippen LogP contribution in [0, 0.1) is 5.92 Å². The van der Waals surface area contributed by atoms with Crippen molar-refractivity contribution < 1.29 is 24.5 Å². The fourth-order valence-electron chi connectivity index (χ4n) is 1.85. The van der Waals surface area contributed by atoms with E-state index in [-0.39, 0.29) is 18.3 Å². The summed E-state index contributed by atoms with van der Waals surface area (Å²) in [6, 6.07) is 8.54. The van der Waals surface area contributed by atoms with Gasteiger partial charge in [0.15, 0.2) is 6.29 Å². The Hall–Kier alpha value is -1.85. The molecule has 0 aliphatic carbocycles. The largest absolute Gasteiger partial charge is 0.509 e. The van der Waals surface area contributed by atoms with Crippen LogP contribution >= 0.6 is 0 Å². The van der Waals surface area contributed by atoms with Crippen LogP contribution in [0.3, 0.4) is 0 Å². The molecular formula is C14H16O5. The second-order valence-electron chi connectivity index (χ2n) is 4.31. The number of esters is 1. The van der Waals surface area contributed by atoms with E-state index in [1.54, 1.807) is 30.3 Å². The summed E-state index contributed by atoms with van der Waals surface area (Å²) in [5.74, 6) is -0.835. The van der Waals surface area contributed by atoms with Crippen molar-refractivity contribution >= 4 is 5.97 Å². The highest BCUT2D eigenvalue weighted by Crippen LogP contribution is 2.21. The van der Waals surface area contributed by atoms with E-state index in [1.165, 1.54) is 6.08 Å². The topological polar surface area (TPSA) is 76.0 Å². The summed E-state index contributed by atoms with van der Waals surface area (Å²) in [5.41, 5.74) is 0.430. The van der Waals surface area contributed by atoms with Crippen molar-refractivity contribution in [2.75, 3.05) is 13.2 Å². The Morgan fingerprint density at radius 2 is 2.16 bits per heavy atom. The minimum atomic E-state index is -0.896. The van der Waals surface area contributed by atoms with Crippen LogP contribution in [-0.2, 0) is 9.47 Å². The van der Waals surface area contributed by atoms with Crippen LogP contribution in [0.2, 0.25) is 0 Å². The zero-order valence-electron chi connectivity index (χ0n) is 10.4. The van der Waals surface area contributed by atoms with Crippen LogP contribution in [-0.4, -0.2) is 35.7 Å². The van der Waals surface area contributed by atoms with Gasteiger partial charge in [-0.25, -0.2) is 4.79 Å². The number of carbonyl (C=O) groups excluding carboxylic acids is 1. The van der Waals surface area contributed by atoms with E-state index in [1.807, 2.05) is 0 Å². The van der Waals surface area contributed by atoms with Gasteiger partial charge in [0.2, 0.25) is 0 Å². The zero-order valence-corrected chi connectivity index (χ0v) is 10.4. The molecule has 1 aromatic carbocycles. The average Bonchev–Trinajstić information content (AvgIpc) is 2.82. The number of rotatable bonds is 4. The van der Waals surface area contributed by atoms with E-state index in [0.717, 1.165) is 0 Å². The van der Waals surface area contributed by atoms with Crippen molar-refractivity contribution in [2.24, 2.45) is 5.92 Å². The smallest absolute Gasteiger partial charge is 0.338 e. The molecule has 102 valence electrons. The van der Waals surface area contributed by atoms with E-state index >= 15 is 0 Å². The molecule has 2 atom stereocenters. The Morgan fingerprint density at radius 3 is 2.79 bits per heavy atom. The van der Waals surface area contributed by atoms with Crippen LogP contribution in [0.4, 0.5) is 0 Å². The molecule has 19 heavy (non-hydrogen) atoms. The van der Waals surface area contributed by atoms with E-state index in [2.05, 4.69) is 0 Å². The van der Waals surface area contributed by atoms with E-state index < -0.39 is 12.3 Å². The van der Waals surface area contributed by atoms with E-state index in [4.69, 9.17) is 9.47 Å². The first-order valence-electron chi connectivity index (χ1n) is 6.08. The minimum absolute atomic E-state index is 0.0844. The van der Waals surface area contributed by atoms with Crippen molar-refractivity contribution in [2.45, 2.75) is 12.7 Å². The van der Waals surface area contributed by atoms with Gasteiger partial charge < -0.3 is 19.7 Å². The van der Waals surface area contributed by atoms with E-state index in [0.29, 0.717) is 18.6 Å². The lowest BCUT2D eigenvalue weighted by Crippen LogP contribution is -2.14. The molecule has 0 saturated carbocycles. The maximum Gasteiger partial charge on any atom is 0.338 e. The number of carbonyl (C=O) groups is 1. The second kappa shape index (κ2) is 6.36. The third-order valence-corrected chi connectivity index (χ3v) is 2.87. The van der Waals surface area contributed by atoms with Gasteiger partial charge in [0.1, 0.15) is 12.4 Å². The summed E-state index contributed by atoms with van der Waals surface area (Å²) in [6.07, 6.45) is 1.21. The van der Waals surface area contributed by atoms with Crippen LogP contribution in [0.5, 0.6) is 0 Å². The number of aliphatic hydroxyl groups is 2. The van der Waals surface area contributed by atoms with Gasteiger partial charge in [-0.15, -0.1) is 0 Å². The lowest BCUT2D eigenvalue weighted by molar-refractivity contribution is -0.0740. The summed E-state index contributed by atoms with van der Waals surface area (Å²) in [5, 5.41) is 19.0. The van der Waals surface area contributed by atoms with Crippen molar-refractivity contribution in [1.29, 1.82) is 0 Å². The van der Waals surface area contributed by atoms with Gasteiger partial charge in [0, 0.05) is 5.92 Å². The Bertz CT molecular complexity index is 454. The third-order valence-electron chi connectivity index (χ3n) is 2.87. The van der Waals surface area contributed by atoms with Crippen molar-refractivity contribution in [1.82, 2.24) is 0 Å². The Labute approximate surface area is 111 Å². The first kappa shape index (κ1) is 13.6. The van der Waals surface area contributed by atoms with Gasteiger partial charge >= 0.3 is 5.97 Å². The van der Waals surface area contributed by atoms with Crippen molar-refractivity contribution in [3.05, 3.63) is 47.7 Å². The Kier molecular flexibility index (Phi) is 4.54. The summed E-state index contributed by atoms with van der Waals surface area (Å²) in [6.45, 7) is 0.246. The predicted molar refractivity (Wildman–Crippen MR) is 67.5 cm³/mol. The minimum Gasteiger partial charge on any atom is -0.509 e. The lowest BCUT2D eigenvalue weighted by atomic mass is 10.1. The quantitative estimate of drug-likeness (QED) is 0.638. The summed E-state index contributed by atoms with van der Waals surface area (Å²) < 4.78 is 9.91. The number of benzene rings is 1. The van der Waals surface area contributed by atoms with Gasteiger partial charge in [-0.3, -0.25) is 0 Å². The van der Waals surface area contributed by atoms with Crippen LogP contribution < -0.4 is 0 Å². The third kappa shape index (κ3) is 3.81. The molecule has 2 rings (SSSR count). The number of hydrogen-bond donors (Lipinski definition) is 2. The molecule has 0 amide bonds. The molecule has 0 aromatic heterocycles. The maximum atomic E-state index is 11.6. The maximum absolute atomic E-state index is 11.6. The molecule has 0 bridgehead atoms. The standard InChI is InChI=1S/C14H16O5/c15-12(8-11-6-7-18-14(11)17)9-19-13(16)10-4-2-1-3-5-10/h1-5,8,11,14-15,17H,6-7,9H2/t11-,14?/m0/s1. The van der Waals surface area contributed by atoms with Gasteiger partial charge in [0.25, 0.3) is 0 Å². The Balaban J connectivity index is 1.85. The molecule has 1 fully saturated rings. The molecule has 0 radical (unpaired) electrons. The molecule has 5 nitrogen and oxygen atoms in total. The number of aliphatic hydroxyl groups excluding tert-OH is 2. The highest BCUT2D eigenvalue weighted by molar-refractivity contribution is 5.89. The predicted octanol–water partition coefficient (Wildman–Crippen LogP) is 1.64. The highest BCUT2D eigenvalue weighted by atomic mass is 16.6. The molecule has 2 N–H and O–H groups in total. The molecule has 1 unspecified atom stereocenters. The van der Waals surface area contributed by atoms with Gasteiger partial charge in [-0.2, -0.15) is 0 Å².